The third kappa shape index (κ3) is 3.14. The molecule has 2 N–H and O–H groups in total. The van der Waals surface area contributed by atoms with Crippen molar-refractivity contribution in [2.24, 2.45) is 24.6 Å². The highest BCUT2D eigenvalue weighted by Gasteiger charge is 2.33. The smallest absolute Gasteiger partial charge is 0.108 e. The second kappa shape index (κ2) is 5.43. The molecule has 3 heteroatoms. The average molecular weight is 249 g/mol. The molecule has 0 spiro atoms. The molecule has 0 aliphatic heterocycles. The van der Waals surface area contributed by atoms with Gasteiger partial charge >= 0.3 is 0 Å². The Morgan fingerprint density at radius 1 is 1.56 bits per heavy atom. The predicted molar refractivity (Wildman–Crippen MR) is 75.2 cm³/mol. The maximum absolute atomic E-state index is 6.62. The van der Waals surface area contributed by atoms with Crippen LogP contribution in [0.2, 0.25) is 0 Å². The molecule has 3 nitrogen and oxygen atoms in total. The van der Waals surface area contributed by atoms with E-state index in [-0.39, 0.29) is 5.54 Å². The highest BCUT2D eigenvalue weighted by atomic mass is 15.0. The van der Waals surface area contributed by atoms with Crippen molar-refractivity contribution in [3.8, 4) is 0 Å². The van der Waals surface area contributed by atoms with Crippen LogP contribution in [0.15, 0.2) is 12.4 Å². The van der Waals surface area contributed by atoms with Crippen molar-refractivity contribution in [3.63, 3.8) is 0 Å². The Balaban J connectivity index is 1.93. The Morgan fingerprint density at radius 3 is 2.94 bits per heavy atom. The molecule has 0 bridgehead atoms. The van der Waals surface area contributed by atoms with Crippen LogP contribution in [0.5, 0.6) is 0 Å². The first kappa shape index (κ1) is 13.6. The molecular weight excluding hydrogens is 222 g/mol. The van der Waals surface area contributed by atoms with E-state index in [0.717, 1.165) is 30.5 Å². The van der Waals surface area contributed by atoms with Crippen LogP contribution < -0.4 is 5.73 Å². The lowest BCUT2D eigenvalue weighted by Crippen LogP contribution is -2.45. The van der Waals surface area contributed by atoms with Crippen molar-refractivity contribution in [1.82, 2.24) is 9.55 Å². The van der Waals surface area contributed by atoms with Gasteiger partial charge in [-0.2, -0.15) is 0 Å². The maximum Gasteiger partial charge on any atom is 0.108 e. The zero-order valence-corrected chi connectivity index (χ0v) is 12.0. The van der Waals surface area contributed by atoms with Gasteiger partial charge in [0.1, 0.15) is 5.82 Å². The summed E-state index contributed by atoms with van der Waals surface area (Å²) in [5, 5.41) is 0. The van der Waals surface area contributed by atoms with Crippen LogP contribution in [0, 0.1) is 11.8 Å². The Morgan fingerprint density at radius 2 is 2.33 bits per heavy atom. The van der Waals surface area contributed by atoms with Crippen molar-refractivity contribution < 1.29 is 0 Å². The van der Waals surface area contributed by atoms with Crippen LogP contribution in [-0.2, 0) is 13.5 Å². The second-order valence-corrected chi connectivity index (χ2v) is 6.42. The molecule has 2 unspecified atom stereocenters. The number of hydrogen-bond donors (Lipinski definition) is 1. The molecule has 18 heavy (non-hydrogen) atoms. The second-order valence-electron chi connectivity index (χ2n) is 6.42. The minimum Gasteiger partial charge on any atom is -0.338 e. The van der Waals surface area contributed by atoms with Crippen molar-refractivity contribution in [1.29, 1.82) is 0 Å². The van der Waals surface area contributed by atoms with E-state index in [4.69, 9.17) is 5.73 Å². The van der Waals surface area contributed by atoms with Gasteiger partial charge in [-0.05, 0) is 31.1 Å². The highest BCUT2D eigenvalue weighted by molar-refractivity contribution is 4.97. The predicted octanol–water partition coefficient (Wildman–Crippen LogP) is 2.90. The van der Waals surface area contributed by atoms with E-state index >= 15 is 0 Å². The summed E-state index contributed by atoms with van der Waals surface area (Å²) >= 11 is 0. The first-order valence-electron chi connectivity index (χ1n) is 7.25. The van der Waals surface area contributed by atoms with E-state index in [0.29, 0.717) is 0 Å². The third-order valence-electron chi connectivity index (χ3n) is 4.63. The van der Waals surface area contributed by atoms with E-state index in [2.05, 4.69) is 30.4 Å². The van der Waals surface area contributed by atoms with Crippen molar-refractivity contribution in [3.05, 3.63) is 18.2 Å². The van der Waals surface area contributed by atoms with E-state index < -0.39 is 0 Å². The monoisotopic (exact) mass is 249 g/mol. The van der Waals surface area contributed by atoms with Gasteiger partial charge in [-0.3, -0.25) is 0 Å². The van der Waals surface area contributed by atoms with Crippen molar-refractivity contribution in [2.45, 2.75) is 57.9 Å². The maximum atomic E-state index is 6.62. The molecule has 0 aromatic carbocycles. The summed E-state index contributed by atoms with van der Waals surface area (Å²) < 4.78 is 2.10. The first-order valence-corrected chi connectivity index (χ1v) is 7.25. The molecular formula is C15H27N3. The number of aryl methyl sites for hydroxylation is 2. The van der Waals surface area contributed by atoms with Crippen LogP contribution in [0.3, 0.4) is 0 Å². The van der Waals surface area contributed by atoms with Gasteiger partial charge in [0.15, 0.2) is 0 Å². The molecule has 102 valence electrons. The number of rotatable bonds is 4. The summed E-state index contributed by atoms with van der Waals surface area (Å²) in [4.78, 5) is 4.39. The Labute approximate surface area is 111 Å². The minimum atomic E-state index is 0.0408. The highest BCUT2D eigenvalue weighted by Crippen LogP contribution is 2.37. The summed E-state index contributed by atoms with van der Waals surface area (Å²) in [7, 11) is 2.06. The largest absolute Gasteiger partial charge is 0.338 e. The van der Waals surface area contributed by atoms with Gasteiger partial charge < -0.3 is 10.3 Å². The normalized spacial score (nSPS) is 28.8. The lowest BCUT2D eigenvalue weighted by Gasteiger charge is -2.39. The number of hydrogen-bond acceptors (Lipinski definition) is 2. The van der Waals surface area contributed by atoms with Gasteiger partial charge in [0.05, 0.1) is 0 Å². The van der Waals surface area contributed by atoms with Crippen molar-refractivity contribution >= 4 is 0 Å². The van der Waals surface area contributed by atoms with Gasteiger partial charge in [-0.25, -0.2) is 4.98 Å². The van der Waals surface area contributed by atoms with Crippen LogP contribution in [0.25, 0.3) is 0 Å². The van der Waals surface area contributed by atoms with Crippen molar-refractivity contribution in [2.75, 3.05) is 0 Å². The van der Waals surface area contributed by atoms with Gasteiger partial charge in [0, 0.05) is 31.4 Å². The average Bonchev–Trinajstić information content (AvgIpc) is 2.72. The van der Waals surface area contributed by atoms with E-state index in [1.807, 2.05) is 12.4 Å². The molecule has 0 radical (unpaired) electrons. The number of nitrogens with two attached hydrogens (primary N) is 1. The molecule has 2 rings (SSSR count). The standard InChI is InChI=1S/C15H27N3/c1-12(2)13-5-4-7-15(16,11-13)8-6-14-17-9-10-18(14)3/h9-10,12-13H,4-8,11,16H2,1-3H3. The lowest BCUT2D eigenvalue weighted by molar-refractivity contribution is 0.174. The summed E-state index contributed by atoms with van der Waals surface area (Å²) in [6.07, 6.45) is 11.0. The Hall–Kier alpha value is -0.830. The fraction of sp³-hybridized carbons (Fsp3) is 0.800. The number of nitrogens with zero attached hydrogens (tertiary/aromatic N) is 2. The molecule has 1 fully saturated rings. The molecule has 1 aromatic rings. The Bertz CT molecular complexity index is 383. The van der Waals surface area contributed by atoms with E-state index in [9.17, 15) is 0 Å². The summed E-state index contributed by atoms with van der Waals surface area (Å²) in [5.74, 6) is 2.73. The number of imidazole rings is 1. The van der Waals surface area contributed by atoms with Crippen LogP contribution >= 0.6 is 0 Å². The summed E-state index contributed by atoms with van der Waals surface area (Å²) in [5.41, 5.74) is 6.66. The van der Waals surface area contributed by atoms with Crippen LogP contribution in [0.1, 0.15) is 51.8 Å². The number of aromatic nitrogens is 2. The molecule has 1 saturated carbocycles. The molecule has 1 heterocycles. The third-order valence-corrected chi connectivity index (χ3v) is 4.63. The van der Waals surface area contributed by atoms with Gasteiger partial charge in [0.2, 0.25) is 0 Å². The molecule has 0 amide bonds. The zero-order valence-electron chi connectivity index (χ0n) is 12.0. The molecule has 2 atom stereocenters. The van der Waals surface area contributed by atoms with Gasteiger partial charge in [-0.15, -0.1) is 0 Å². The Kier molecular flexibility index (Phi) is 4.10. The molecule has 1 aromatic heterocycles. The summed E-state index contributed by atoms with van der Waals surface area (Å²) in [6.45, 7) is 4.66. The van der Waals surface area contributed by atoms with Gasteiger partial charge in [0.25, 0.3) is 0 Å². The molecule has 1 aliphatic carbocycles. The zero-order chi connectivity index (χ0) is 13.2. The van der Waals surface area contributed by atoms with E-state index in [1.54, 1.807) is 0 Å². The topological polar surface area (TPSA) is 43.8 Å². The fourth-order valence-electron chi connectivity index (χ4n) is 3.24. The lowest BCUT2D eigenvalue weighted by atomic mass is 9.70. The fourth-order valence-corrected chi connectivity index (χ4v) is 3.24. The van der Waals surface area contributed by atoms with Crippen LogP contribution in [-0.4, -0.2) is 15.1 Å². The quantitative estimate of drug-likeness (QED) is 0.891. The van der Waals surface area contributed by atoms with Crippen LogP contribution in [0.4, 0.5) is 0 Å². The SMILES string of the molecule is CC(C)C1CCCC(N)(CCc2nccn2C)C1. The first-order chi connectivity index (χ1) is 8.50. The minimum absolute atomic E-state index is 0.0408. The van der Waals surface area contributed by atoms with E-state index in [1.165, 1.54) is 25.7 Å². The summed E-state index contributed by atoms with van der Waals surface area (Å²) in [6, 6.07) is 0. The van der Waals surface area contributed by atoms with Gasteiger partial charge in [-0.1, -0.05) is 26.7 Å². The molecule has 0 saturated heterocycles. The molecule has 1 aliphatic rings.